The molecule has 38 heavy (non-hydrogen) atoms. The van der Waals surface area contributed by atoms with Crippen LogP contribution in [0.4, 0.5) is 4.79 Å². The van der Waals surface area contributed by atoms with E-state index in [1.807, 2.05) is 37.8 Å². The molecule has 1 saturated heterocycles. The quantitative estimate of drug-likeness (QED) is 0.320. The van der Waals surface area contributed by atoms with Crippen molar-refractivity contribution in [2.24, 2.45) is 0 Å². The Bertz CT molecular complexity index is 1240. The van der Waals surface area contributed by atoms with Gasteiger partial charge in [0.05, 0.1) is 7.11 Å². The molecule has 1 aliphatic heterocycles. The summed E-state index contributed by atoms with van der Waals surface area (Å²) in [5, 5.41) is 0. The van der Waals surface area contributed by atoms with Gasteiger partial charge in [-0.1, -0.05) is 48.5 Å². The van der Waals surface area contributed by atoms with E-state index < -0.39 is 5.60 Å². The lowest BCUT2D eigenvalue weighted by molar-refractivity contribution is 0.0204. The third kappa shape index (κ3) is 6.80. The first kappa shape index (κ1) is 27.4. The van der Waals surface area contributed by atoms with Gasteiger partial charge in [-0.15, -0.1) is 0 Å². The van der Waals surface area contributed by atoms with E-state index in [0.717, 1.165) is 29.5 Å². The number of pyridine rings is 1. The zero-order valence-electron chi connectivity index (χ0n) is 23.1. The number of methoxy groups -OCH3 is 1. The van der Waals surface area contributed by atoms with Crippen LogP contribution >= 0.6 is 0 Å². The van der Waals surface area contributed by atoms with Crippen molar-refractivity contribution in [3.05, 3.63) is 94.7 Å². The fourth-order valence-corrected chi connectivity index (χ4v) is 5.08. The molecule has 3 aromatic rings. The number of hydrogen-bond acceptors (Lipinski definition) is 5. The Morgan fingerprint density at radius 3 is 2.26 bits per heavy atom. The minimum atomic E-state index is -0.483. The Hall–Kier alpha value is -3.67. The van der Waals surface area contributed by atoms with Crippen molar-refractivity contribution in [2.45, 2.75) is 64.4 Å². The zero-order chi connectivity index (χ0) is 27.3. The topological polar surface area (TPSA) is 68.7 Å². The molecular formula is C32H38N2O4. The van der Waals surface area contributed by atoms with Crippen molar-refractivity contribution in [1.82, 2.24) is 9.88 Å². The highest BCUT2D eigenvalue weighted by atomic mass is 16.6. The molecule has 1 fully saturated rings. The molecule has 0 N–H and O–H groups in total. The lowest BCUT2D eigenvalue weighted by Crippen LogP contribution is -2.41. The minimum Gasteiger partial charge on any atom is -0.481 e. The molecule has 6 nitrogen and oxygen atoms in total. The Morgan fingerprint density at radius 1 is 1.00 bits per heavy atom. The highest BCUT2D eigenvalue weighted by Crippen LogP contribution is 2.34. The number of ether oxygens (including phenoxy) is 2. The number of hydrogen-bond donors (Lipinski definition) is 0. The monoisotopic (exact) mass is 514 g/mol. The summed E-state index contributed by atoms with van der Waals surface area (Å²) in [5.41, 5.74) is 4.80. The van der Waals surface area contributed by atoms with E-state index in [0.29, 0.717) is 36.9 Å². The van der Waals surface area contributed by atoms with Crippen LogP contribution in [0, 0.1) is 6.92 Å². The fraction of sp³-hybridized carbons (Fsp3) is 0.406. The van der Waals surface area contributed by atoms with Gasteiger partial charge in [-0.2, -0.15) is 0 Å². The van der Waals surface area contributed by atoms with E-state index in [2.05, 4.69) is 48.3 Å². The third-order valence-corrected chi connectivity index (χ3v) is 7.18. The van der Waals surface area contributed by atoms with Gasteiger partial charge in [-0.05, 0) is 74.8 Å². The lowest BCUT2D eigenvalue weighted by Gasteiger charge is -2.33. The molecule has 1 aliphatic rings. The van der Waals surface area contributed by atoms with Crippen molar-refractivity contribution >= 4 is 11.9 Å². The summed E-state index contributed by atoms with van der Waals surface area (Å²) < 4.78 is 10.7. The van der Waals surface area contributed by atoms with Gasteiger partial charge in [-0.3, -0.25) is 4.79 Å². The summed E-state index contributed by atoms with van der Waals surface area (Å²) in [5.74, 6) is 0.872. The number of benzene rings is 2. The van der Waals surface area contributed by atoms with E-state index in [1.54, 1.807) is 25.4 Å². The van der Waals surface area contributed by atoms with Crippen molar-refractivity contribution < 1.29 is 19.1 Å². The average molecular weight is 515 g/mol. The third-order valence-electron chi connectivity index (χ3n) is 7.18. The van der Waals surface area contributed by atoms with Crippen LogP contribution in [0.15, 0.2) is 66.9 Å². The van der Waals surface area contributed by atoms with Gasteiger partial charge in [0.15, 0.2) is 5.78 Å². The molecule has 1 aromatic heterocycles. The summed E-state index contributed by atoms with van der Waals surface area (Å²) >= 11 is 0. The highest BCUT2D eigenvalue weighted by molar-refractivity contribution is 5.96. The number of ketones is 1. The maximum atomic E-state index is 13.3. The SMILES string of the molecule is COc1ccc(C(=O)CC(c2ccc(C3CCN(C(=O)OC(C)(C)C)CC3)cc2)c2ccccc2C)cn1. The average Bonchev–Trinajstić information content (AvgIpc) is 2.91. The van der Waals surface area contributed by atoms with Crippen LogP contribution in [0.25, 0.3) is 0 Å². The van der Waals surface area contributed by atoms with Crippen LogP contribution in [0.2, 0.25) is 0 Å². The number of likely N-dealkylation sites (tertiary alicyclic amines) is 1. The van der Waals surface area contributed by atoms with Crippen LogP contribution in [0.1, 0.15) is 84.5 Å². The van der Waals surface area contributed by atoms with Crippen LogP contribution in [0.5, 0.6) is 5.88 Å². The molecule has 0 saturated carbocycles. The van der Waals surface area contributed by atoms with Crippen LogP contribution in [0.3, 0.4) is 0 Å². The molecular weight excluding hydrogens is 476 g/mol. The predicted molar refractivity (Wildman–Crippen MR) is 149 cm³/mol. The number of carbonyl (C=O) groups excluding carboxylic acids is 2. The Balaban J connectivity index is 1.49. The van der Waals surface area contributed by atoms with Gasteiger partial charge < -0.3 is 14.4 Å². The van der Waals surface area contributed by atoms with E-state index >= 15 is 0 Å². The summed E-state index contributed by atoms with van der Waals surface area (Å²) in [6.45, 7) is 9.16. The molecule has 1 atom stereocenters. The van der Waals surface area contributed by atoms with Crippen LogP contribution in [-0.4, -0.2) is 47.6 Å². The number of aromatic nitrogens is 1. The molecule has 200 valence electrons. The molecule has 0 spiro atoms. The van der Waals surface area contributed by atoms with Gasteiger partial charge in [0.25, 0.3) is 0 Å². The lowest BCUT2D eigenvalue weighted by atomic mass is 9.82. The molecule has 0 bridgehead atoms. The van der Waals surface area contributed by atoms with Crippen molar-refractivity contribution in [2.75, 3.05) is 20.2 Å². The van der Waals surface area contributed by atoms with E-state index in [4.69, 9.17) is 9.47 Å². The number of rotatable bonds is 7. The summed E-state index contributed by atoms with van der Waals surface area (Å²) in [7, 11) is 1.56. The zero-order valence-corrected chi connectivity index (χ0v) is 23.1. The highest BCUT2D eigenvalue weighted by Gasteiger charge is 2.28. The summed E-state index contributed by atoms with van der Waals surface area (Å²) in [6, 6.07) is 20.4. The largest absolute Gasteiger partial charge is 0.481 e. The first-order chi connectivity index (χ1) is 18.1. The summed E-state index contributed by atoms with van der Waals surface area (Å²) in [4.78, 5) is 31.7. The second kappa shape index (κ2) is 11.8. The molecule has 0 radical (unpaired) electrons. The van der Waals surface area contributed by atoms with Gasteiger partial charge in [-0.25, -0.2) is 9.78 Å². The smallest absolute Gasteiger partial charge is 0.410 e. The Kier molecular flexibility index (Phi) is 8.50. The fourth-order valence-electron chi connectivity index (χ4n) is 5.08. The normalized spacial score (nSPS) is 15.1. The van der Waals surface area contributed by atoms with Crippen LogP contribution in [-0.2, 0) is 4.74 Å². The number of aryl methyl sites for hydroxylation is 1. The van der Waals surface area contributed by atoms with Gasteiger partial charge in [0, 0.05) is 43.3 Å². The number of piperidine rings is 1. The van der Waals surface area contributed by atoms with E-state index in [9.17, 15) is 9.59 Å². The van der Waals surface area contributed by atoms with E-state index in [1.165, 1.54) is 5.56 Å². The molecule has 6 heteroatoms. The number of amides is 1. The Morgan fingerprint density at radius 2 is 1.68 bits per heavy atom. The predicted octanol–water partition coefficient (Wildman–Crippen LogP) is 6.92. The first-order valence-corrected chi connectivity index (χ1v) is 13.3. The van der Waals surface area contributed by atoms with Crippen LogP contribution < -0.4 is 4.74 Å². The second-order valence-corrected chi connectivity index (χ2v) is 11.0. The molecule has 2 heterocycles. The maximum absolute atomic E-state index is 13.3. The molecule has 2 aromatic carbocycles. The minimum absolute atomic E-state index is 0.0481. The van der Waals surface area contributed by atoms with Gasteiger partial charge >= 0.3 is 6.09 Å². The van der Waals surface area contributed by atoms with E-state index in [-0.39, 0.29) is 17.8 Å². The Labute approximate surface area is 226 Å². The number of Topliss-reactive ketones (excluding diaryl/α,β-unsaturated/α-hetero) is 1. The molecule has 0 aliphatic carbocycles. The van der Waals surface area contributed by atoms with Crippen molar-refractivity contribution in [3.8, 4) is 5.88 Å². The van der Waals surface area contributed by atoms with Crippen molar-refractivity contribution in [3.63, 3.8) is 0 Å². The second-order valence-electron chi connectivity index (χ2n) is 11.0. The standard InChI is InChI=1S/C32H38N2O4/c1-22-8-6-7-9-27(22)28(20-29(35)26-14-15-30(37-5)33-21-26)25-12-10-23(11-13-25)24-16-18-34(19-17-24)31(36)38-32(2,3)4/h6-15,21,24,28H,16-20H2,1-5H3. The maximum Gasteiger partial charge on any atom is 0.410 e. The molecule has 1 unspecified atom stereocenters. The van der Waals surface area contributed by atoms with Crippen molar-refractivity contribution in [1.29, 1.82) is 0 Å². The number of carbonyl (C=O) groups is 2. The first-order valence-electron chi connectivity index (χ1n) is 13.3. The summed E-state index contributed by atoms with van der Waals surface area (Å²) in [6.07, 6.45) is 3.52. The van der Waals surface area contributed by atoms with Gasteiger partial charge in [0.1, 0.15) is 5.60 Å². The number of nitrogens with zero attached hydrogens (tertiary/aromatic N) is 2. The van der Waals surface area contributed by atoms with Gasteiger partial charge in [0.2, 0.25) is 5.88 Å². The molecule has 1 amide bonds. The molecule has 4 rings (SSSR count).